The molecular formula is C15H12BrFN2. The molecule has 3 rings (SSSR count). The van der Waals surface area contributed by atoms with E-state index in [0.29, 0.717) is 6.54 Å². The first kappa shape index (κ1) is 12.2. The second-order valence-electron chi connectivity index (χ2n) is 4.45. The Morgan fingerprint density at radius 2 is 2.00 bits per heavy atom. The van der Waals surface area contributed by atoms with Crippen LogP contribution in [0.25, 0.3) is 10.9 Å². The van der Waals surface area contributed by atoms with Gasteiger partial charge in [-0.2, -0.15) is 0 Å². The molecule has 0 fully saturated rings. The highest BCUT2D eigenvalue weighted by molar-refractivity contribution is 9.10. The Bertz CT molecular complexity index is 729. The number of anilines is 1. The van der Waals surface area contributed by atoms with Gasteiger partial charge >= 0.3 is 0 Å². The summed E-state index contributed by atoms with van der Waals surface area (Å²) < 4.78 is 16.3. The zero-order valence-corrected chi connectivity index (χ0v) is 11.7. The summed E-state index contributed by atoms with van der Waals surface area (Å²) in [5.74, 6) is -0.229. The number of hydrogen-bond donors (Lipinski definition) is 1. The lowest BCUT2D eigenvalue weighted by atomic mass is 10.2. The van der Waals surface area contributed by atoms with Crippen LogP contribution in [0.1, 0.15) is 5.56 Å². The largest absolute Gasteiger partial charge is 0.398 e. The zero-order valence-electron chi connectivity index (χ0n) is 10.1. The van der Waals surface area contributed by atoms with Crippen LogP contribution in [0.15, 0.2) is 53.1 Å². The summed E-state index contributed by atoms with van der Waals surface area (Å²) in [6.45, 7) is 0.611. The molecule has 1 aromatic heterocycles. The molecule has 0 unspecified atom stereocenters. The smallest absolute Gasteiger partial charge is 0.125 e. The molecule has 0 amide bonds. The molecule has 4 heteroatoms. The summed E-state index contributed by atoms with van der Waals surface area (Å²) in [7, 11) is 0. The summed E-state index contributed by atoms with van der Waals surface area (Å²) >= 11 is 3.50. The fraction of sp³-hybridized carbons (Fsp3) is 0.0667. The van der Waals surface area contributed by atoms with Crippen molar-refractivity contribution in [3.05, 3.63) is 64.5 Å². The van der Waals surface area contributed by atoms with Crippen molar-refractivity contribution in [2.24, 2.45) is 0 Å². The first-order chi connectivity index (χ1) is 9.15. The van der Waals surface area contributed by atoms with E-state index in [0.717, 1.165) is 26.6 Å². The van der Waals surface area contributed by atoms with E-state index in [1.807, 2.05) is 35.0 Å². The van der Waals surface area contributed by atoms with Crippen molar-refractivity contribution in [2.75, 3.05) is 5.73 Å². The van der Waals surface area contributed by atoms with E-state index in [1.54, 1.807) is 12.1 Å². The van der Waals surface area contributed by atoms with E-state index >= 15 is 0 Å². The van der Waals surface area contributed by atoms with Crippen LogP contribution >= 0.6 is 15.9 Å². The third-order valence-electron chi connectivity index (χ3n) is 3.22. The number of nitrogen functional groups attached to an aromatic ring is 1. The number of nitrogens with zero attached hydrogens (tertiary/aromatic N) is 1. The molecule has 96 valence electrons. The number of benzene rings is 2. The zero-order chi connectivity index (χ0) is 13.4. The van der Waals surface area contributed by atoms with E-state index in [2.05, 4.69) is 15.9 Å². The van der Waals surface area contributed by atoms with E-state index in [-0.39, 0.29) is 5.82 Å². The number of nitrogens with two attached hydrogens (primary N) is 1. The SMILES string of the molecule is Nc1cccc(Br)c1Cn1ccc2ccc(F)cc21. The second kappa shape index (κ2) is 4.70. The Kier molecular flexibility index (Phi) is 3.03. The van der Waals surface area contributed by atoms with Crippen LogP contribution in [0.5, 0.6) is 0 Å². The first-order valence-electron chi connectivity index (χ1n) is 5.92. The molecule has 0 atom stereocenters. The third kappa shape index (κ3) is 2.24. The Morgan fingerprint density at radius 1 is 1.16 bits per heavy atom. The number of hydrogen-bond acceptors (Lipinski definition) is 1. The van der Waals surface area contributed by atoms with Gasteiger partial charge in [-0.25, -0.2) is 4.39 Å². The van der Waals surface area contributed by atoms with Crippen molar-refractivity contribution < 1.29 is 4.39 Å². The van der Waals surface area contributed by atoms with Crippen molar-refractivity contribution >= 4 is 32.5 Å². The van der Waals surface area contributed by atoms with Crippen molar-refractivity contribution in [1.29, 1.82) is 0 Å². The normalized spacial score (nSPS) is 11.1. The monoisotopic (exact) mass is 318 g/mol. The van der Waals surface area contributed by atoms with Gasteiger partial charge in [0, 0.05) is 21.9 Å². The highest BCUT2D eigenvalue weighted by Crippen LogP contribution is 2.26. The van der Waals surface area contributed by atoms with Gasteiger partial charge in [0.05, 0.1) is 12.1 Å². The van der Waals surface area contributed by atoms with Crippen molar-refractivity contribution in [3.8, 4) is 0 Å². The van der Waals surface area contributed by atoms with Gasteiger partial charge in [0.2, 0.25) is 0 Å². The van der Waals surface area contributed by atoms with Gasteiger partial charge in [-0.05, 0) is 41.8 Å². The maximum absolute atomic E-state index is 13.3. The van der Waals surface area contributed by atoms with Gasteiger partial charge in [-0.3, -0.25) is 0 Å². The van der Waals surface area contributed by atoms with E-state index in [4.69, 9.17) is 5.73 Å². The molecule has 0 aliphatic carbocycles. The van der Waals surface area contributed by atoms with Gasteiger partial charge in [0.15, 0.2) is 0 Å². The maximum Gasteiger partial charge on any atom is 0.125 e. The fourth-order valence-corrected chi connectivity index (χ4v) is 2.71. The van der Waals surface area contributed by atoms with Crippen LogP contribution in [0.3, 0.4) is 0 Å². The standard InChI is InChI=1S/C15H12BrFN2/c16-13-2-1-3-14(18)12(13)9-19-7-6-10-4-5-11(17)8-15(10)19/h1-8H,9,18H2. The molecule has 0 saturated heterocycles. The Labute approximate surface area is 118 Å². The summed E-state index contributed by atoms with van der Waals surface area (Å²) in [5.41, 5.74) is 8.60. The quantitative estimate of drug-likeness (QED) is 0.706. The van der Waals surface area contributed by atoms with Gasteiger partial charge in [0.1, 0.15) is 5.82 Å². The van der Waals surface area contributed by atoms with Crippen LogP contribution in [0.4, 0.5) is 10.1 Å². The summed E-state index contributed by atoms with van der Waals surface area (Å²) in [4.78, 5) is 0. The van der Waals surface area contributed by atoms with Gasteiger partial charge < -0.3 is 10.3 Å². The van der Waals surface area contributed by atoms with Crippen LogP contribution in [-0.2, 0) is 6.54 Å². The first-order valence-corrected chi connectivity index (χ1v) is 6.72. The summed E-state index contributed by atoms with van der Waals surface area (Å²) in [6.07, 6.45) is 1.95. The lowest BCUT2D eigenvalue weighted by molar-refractivity contribution is 0.628. The maximum atomic E-state index is 13.3. The second-order valence-corrected chi connectivity index (χ2v) is 5.31. The average Bonchev–Trinajstić information content (AvgIpc) is 2.76. The minimum Gasteiger partial charge on any atom is -0.398 e. The summed E-state index contributed by atoms with van der Waals surface area (Å²) in [5, 5.41) is 1.02. The lowest BCUT2D eigenvalue weighted by Gasteiger charge is -2.10. The highest BCUT2D eigenvalue weighted by Gasteiger charge is 2.08. The molecule has 19 heavy (non-hydrogen) atoms. The van der Waals surface area contributed by atoms with Crippen LogP contribution in [0.2, 0.25) is 0 Å². The van der Waals surface area contributed by atoms with Crippen molar-refractivity contribution in [2.45, 2.75) is 6.54 Å². The van der Waals surface area contributed by atoms with E-state index in [1.165, 1.54) is 6.07 Å². The summed E-state index contributed by atoms with van der Waals surface area (Å²) in [6, 6.07) is 12.5. The molecule has 0 aliphatic rings. The topological polar surface area (TPSA) is 30.9 Å². The molecule has 2 nitrogen and oxygen atoms in total. The van der Waals surface area contributed by atoms with E-state index in [9.17, 15) is 4.39 Å². The molecular weight excluding hydrogens is 307 g/mol. The molecule has 2 N–H and O–H groups in total. The Balaban J connectivity index is 2.08. The number of rotatable bonds is 2. The van der Waals surface area contributed by atoms with Gasteiger partial charge in [-0.15, -0.1) is 0 Å². The predicted molar refractivity (Wildman–Crippen MR) is 79.6 cm³/mol. The molecule has 0 spiro atoms. The van der Waals surface area contributed by atoms with Crippen LogP contribution in [0, 0.1) is 5.82 Å². The van der Waals surface area contributed by atoms with Crippen molar-refractivity contribution in [1.82, 2.24) is 4.57 Å². The molecule has 0 aliphatic heterocycles. The number of halogens is 2. The minimum absolute atomic E-state index is 0.229. The molecule has 3 aromatic rings. The molecule has 1 heterocycles. The van der Waals surface area contributed by atoms with Crippen molar-refractivity contribution in [3.63, 3.8) is 0 Å². The molecule has 0 bridgehead atoms. The minimum atomic E-state index is -0.229. The van der Waals surface area contributed by atoms with Crippen LogP contribution < -0.4 is 5.73 Å². The van der Waals surface area contributed by atoms with Gasteiger partial charge in [0.25, 0.3) is 0 Å². The highest BCUT2D eigenvalue weighted by atomic mass is 79.9. The third-order valence-corrected chi connectivity index (χ3v) is 3.96. The molecule has 2 aromatic carbocycles. The Hall–Kier alpha value is -1.81. The molecule has 0 radical (unpaired) electrons. The van der Waals surface area contributed by atoms with Gasteiger partial charge in [-0.1, -0.05) is 22.0 Å². The predicted octanol–water partition coefficient (Wildman–Crippen LogP) is 4.17. The number of aromatic nitrogens is 1. The average molecular weight is 319 g/mol. The van der Waals surface area contributed by atoms with E-state index < -0.39 is 0 Å². The fourth-order valence-electron chi connectivity index (χ4n) is 2.21. The van der Waals surface area contributed by atoms with Crippen LogP contribution in [-0.4, -0.2) is 4.57 Å². The Morgan fingerprint density at radius 3 is 2.79 bits per heavy atom. The lowest BCUT2D eigenvalue weighted by Crippen LogP contribution is -2.02. The molecule has 0 saturated carbocycles. The number of fused-ring (bicyclic) bond motifs is 1.